The van der Waals surface area contributed by atoms with Gasteiger partial charge in [0.15, 0.2) is 0 Å². The average molecular weight is 277 g/mol. The number of rotatable bonds is 7. The monoisotopic (exact) mass is 277 g/mol. The lowest BCUT2D eigenvalue weighted by atomic mass is 10.1. The van der Waals surface area contributed by atoms with Crippen LogP contribution in [-0.2, 0) is 6.54 Å². The molecule has 0 aromatic heterocycles. The molecule has 2 fully saturated rings. The minimum atomic E-state index is -1.07. The van der Waals surface area contributed by atoms with Gasteiger partial charge in [-0.05, 0) is 61.3 Å². The first-order chi connectivity index (χ1) is 9.60. The molecule has 0 bridgehead atoms. The summed E-state index contributed by atoms with van der Waals surface area (Å²) >= 11 is 0. The highest BCUT2D eigenvalue weighted by molar-refractivity contribution is 5.87. The van der Waals surface area contributed by atoms with Gasteiger partial charge in [0, 0.05) is 19.6 Å². The second-order valence-electron chi connectivity index (χ2n) is 6.23. The Morgan fingerprint density at radius 3 is 2.25 bits per heavy atom. The van der Waals surface area contributed by atoms with E-state index in [-0.39, 0.29) is 5.56 Å². The van der Waals surface area contributed by atoms with Crippen molar-refractivity contribution in [3.05, 3.63) is 35.1 Å². The smallest absolute Gasteiger partial charge is 0.335 e. The first-order valence-corrected chi connectivity index (χ1v) is 7.35. The molecule has 0 spiro atoms. The molecule has 1 N–H and O–H groups in total. The zero-order valence-electron chi connectivity index (χ0n) is 11.5. The summed E-state index contributed by atoms with van der Waals surface area (Å²) in [6.45, 7) is 2.79. The van der Waals surface area contributed by atoms with Crippen molar-refractivity contribution in [1.29, 1.82) is 0 Å². The van der Waals surface area contributed by atoms with Crippen LogP contribution in [0.4, 0.5) is 4.39 Å². The molecule has 0 unspecified atom stereocenters. The lowest BCUT2D eigenvalue weighted by molar-refractivity contribution is 0.0696. The molecule has 3 rings (SSSR count). The number of benzene rings is 1. The number of carboxylic acids is 1. The van der Waals surface area contributed by atoms with Crippen LogP contribution in [0, 0.1) is 17.7 Å². The fraction of sp³-hybridized carbons (Fsp3) is 0.562. The van der Waals surface area contributed by atoms with Crippen molar-refractivity contribution in [3.8, 4) is 0 Å². The third kappa shape index (κ3) is 3.79. The molecule has 108 valence electrons. The molecule has 1 aromatic carbocycles. The van der Waals surface area contributed by atoms with E-state index in [9.17, 15) is 9.18 Å². The van der Waals surface area contributed by atoms with Gasteiger partial charge in [-0.3, -0.25) is 4.90 Å². The Morgan fingerprint density at radius 1 is 1.15 bits per heavy atom. The molecular formula is C16H20FNO2. The van der Waals surface area contributed by atoms with Gasteiger partial charge in [0.25, 0.3) is 0 Å². The highest BCUT2D eigenvalue weighted by atomic mass is 19.1. The van der Waals surface area contributed by atoms with E-state index < -0.39 is 11.8 Å². The minimum absolute atomic E-state index is 0.0396. The third-order valence-corrected chi connectivity index (χ3v) is 4.04. The van der Waals surface area contributed by atoms with Crippen LogP contribution in [0.2, 0.25) is 0 Å². The summed E-state index contributed by atoms with van der Waals surface area (Å²) < 4.78 is 13.5. The minimum Gasteiger partial charge on any atom is -0.478 e. The van der Waals surface area contributed by atoms with Crippen molar-refractivity contribution < 1.29 is 14.3 Å². The standard InChI is InChI=1S/C16H20FNO2/c17-15-6-13(5-14(7-15)16(19)20)10-18(8-11-1-2-11)9-12-3-4-12/h5-7,11-12H,1-4,8-10H2,(H,19,20). The first-order valence-electron chi connectivity index (χ1n) is 7.35. The Morgan fingerprint density at radius 2 is 1.75 bits per heavy atom. The Kier molecular flexibility index (Phi) is 3.74. The van der Waals surface area contributed by atoms with E-state index in [4.69, 9.17) is 5.11 Å². The Labute approximate surface area is 118 Å². The molecule has 0 atom stereocenters. The molecule has 3 nitrogen and oxygen atoms in total. The largest absolute Gasteiger partial charge is 0.478 e. The van der Waals surface area contributed by atoms with Crippen LogP contribution in [0.25, 0.3) is 0 Å². The van der Waals surface area contributed by atoms with Crippen LogP contribution >= 0.6 is 0 Å². The van der Waals surface area contributed by atoms with Gasteiger partial charge in [0.1, 0.15) is 5.82 Å². The highest BCUT2D eigenvalue weighted by Gasteiger charge is 2.29. The maximum absolute atomic E-state index is 13.5. The number of nitrogens with zero attached hydrogens (tertiary/aromatic N) is 1. The molecule has 20 heavy (non-hydrogen) atoms. The van der Waals surface area contributed by atoms with Crippen molar-refractivity contribution in [1.82, 2.24) is 4.90 Å². The topological polar surface area (TPSA) is 40.5 Å². The maximum atomic E-state index is 13.5. The van der Waals surface area contributed by atoms with E-state index in [1.54, 1.807) is 6.07 Å². The van der Waals surface area contributed by atoms with Gasteiger partial charge in [-0.2, -0.15) is 0 Å². The van der Waals surface area contributed by atoms with Crippen LogP contribution in [0.15, 0.2) is 18.2 Å². The normalized spacial score (nSPS) is 18.5. The van der Waals surface area contributed by atoms with Gasteiger partial charge in [0.2, 0.25) is 0 Å². The van der Waals surface area contributed by atoms with Crippen LogP contribution in [0.5, 0.6) is 0 Å². The number of carboxylic acid groups (broad SMARTS) is 1. The van der Waals surface area contributed by atoms with Gasteiger partial charge in [0.05, 0.1) is 5.56 Å². The number of carbonyl (C=O) groups is 1. The molecule has 0 amide bonds. The first kappa shape index (κ1) is 13.6. The second-order valence-corrected chi connectivity index (χ2v) is 6.23. The summed E-state index contributed by atoms with van der Waals surface area (Å²) in [7, 11) is 0. The molecule has 4 heteroatoms. The van der Waals surface area contributed by atoms with E-state index in [2.05, 4.69) is 4.90 Å². The number of aromatic carboxylic acids is 1. The van der Waals surface area contributed by atoms with E-state index in [1.165, 1.54) is 31.7 Å². The zero-order valence-corrected chi connectivity index (χ0v) is 11.5. The number of hydrogen-bond donors (Lipinski definition) is 1. The zero-order chi connectivity index (χ0) is 14.1. The van der Waals surface area contributed by atoms with Gasteiger partial charge in [-0.25, -0.2) is 9.18 Å². The van der Waals surface area contributed by atoms with Crippen molar-refractivity contribution in [2.45, 2.75) is 32.2 Å². The SMILES string of the molecule is O=C(O)c1cc(F)cc(CN(CC2CC2)CC2CC2)c1. The predicted octanol–water partition coefficient (Wildman–Crippen LogP) is 3.15. The van der Waals surface area contributed by atoms with Crippen molar-refractivity contribution in [2.75, 3.05) is 13.1 Å². The molecule has 2 aliphatic carbocycles. The molecule has 1 aromatic rings. The van der Waals surface area contributed by atoms with E-state index in [1.807, 2.05) is 0 Å². The van der Waals surface area contributed by atoms with Crippen LogP contribution < -0.4 is 0 Å². The van der Waals surface area contributed by atoms with Crippen molar-refractivity contribution in [2.24, 2.45) is 11.8 Å². The van der Waals surface area contributed by atoms with Crippen LogP contribution in [0.1, 0.15) is 41.6 Å². The van der Waals surface area contributed by atoms with Crippen LogP contribution in [0.3, 0.4) is 0 Å². The summed E-state index contributed by atoms with van der Waals surface area (Å²) in [5.74, 6) is 0.0573. The summed E-state index contributed by atoms with van der Waals surface area (Å²) in [6, 6.07) is 4.13. The lowest BCUT2D eigenvalue weighted by Crippen LogP contribution is -2.28. The highest BCUT2D eigenvalue weighted by Crippen LogP contribution is 2.34. The Balaban J connectivity index is 1.70. The Hall–Kier alpha value is -1.42. The van der Waals surface area contributed by atoms with Crippen LogP contribution in [-0.4, -0.2) is 29.1 Å². The molecule has 0 aliphatic heterocycles. The van der Waals surface area contributed by atoms with Gasteiger partial charge < -0.3 is 5.11 Å². The predicted molar refractivity (Wildman–Crippen MR) is 74.1 cm³/mol. The lowest BCUT2D eigenvalue weighted by Gasteiger charge is -2.22. The van der Waals surface area contributed by atoms with Gasteiger partial charge >= 0.3 is 5.97 Å². The fourth-order valence-electron chi connectivity index (χ4n) is 2.66. The maximum Gasteiger partial charge on any atom is 0.335 e. The Bertz CT molecular complexity index is 495. The number of halogens is 1. The average Bonchev–Trinajstić information content (AvgIpc) is 3.24. The molecule has 2 saturated carbocycles. The third-order valence-electron chi connectivity index (χ3n) is 4.04. The summed E-state index contributed by atoms with van der Waals surface area (Å²) in [5, 5.41) is 9.00. The molecular weight excluding hydrogens is 257 g/mol. The van der Waals surface area contributed by atoms with E-state index in [0.29, 0.717) is 6.54 Å². The second kappa shape index (κ2) is 5.52. The van der Waals surface area contributed by atoms with Gasteiger partial charge in [-0.15, -0.1) is 0 Å². The fourth-order valence-corrected chi connectivity index (χ4v) is 2.66. The van der Waals surface area contributed by atoms with E-state index >= 15 is 0 Å². The van der Waals surface area contributed by atoms with Gasteiger partial charge in [-0.1, -0.05) is 0 Å². The quantitative estimate of drug-likeness (QED) is 0.832. The molecule has 0 saturated heterocycles. The van der Waals surface area contributed by atoms with E-state index in [0.717, 1.165) is 36.6 Å². The molecule has 2 aliphatic rings. The summed E-state index contributed by atoms with van der Waals surface area (Å²) in [4.78, 5) is 13.4. The van der Waals surface area contributed by atoms with Crippen molar-refractivity contribution >= 4 is 5.97 Å². The molecule has 0 radical (unpaired) electrons. The molecule has 0 heterocycles. The summed E-state index contributed by atoms with van der Waals surface area (Å²) in [6.07, 6.45) is 5.19. The summed E-state index contributed by atoms with van der Waals surface area (Å²) in [5.41, 5.74) is 0.807. The number of hydrogen-bond acceptors (Lipinski definition) is 2. The van der Waals surface area contributed by atoms with Crippen molar-refractivity contribution in [3.63, 3.8) is 0 Å².